The van der Waals surface area contributed by atoms with E-state index in [1.54, 1.807) is 6.20 Å². The fraction of sp³-hybridized carbons (Fsp3) is 0.686. The number of likely N-dealkylation sites (tertiary alicyclic amines) is 2. The normalized spacial score (nSPS) is 26.1. The van der Waals surface area contributed by atoms with Gasteiger partial charge >= 0.3 is 0 Å². The summed E-state index contributed by atoms with van der Waals surface area (Å²) in [5, 5.41) is 2.80. The molecule has 0 N–H and O–H groups in total. The van der Waals surface area contributed by atoms with E-state index in [0.717, 1.165) is 36.8 Å². The Morgan fingerprint density at radius 3 is 2.22 bits per heavy atom. The predicted octanol–water partition coefficient (Wildman–Crippen LogP) is 7.84. The quantitative estimate of drug-likeness (QED) is 0.327. The van der Waals surface area contributed by atoms with Gasteiger partial charge in [-0.3, -0.25) is 14.5 Å². The van der Waals surface area contributed by atoms with Crippen LogP contribution in [0.15, 0.2) is 29.8 Å². The van der Waals surface area contributed by atoms with Crippen LogP contribution in [0, 0.1) is 28.4 Å². The zero-order valence-electron chi connectivity index (χ0n) is 28.1. The fourth-order valence-corrected chi connectivity index (χ4v) is 8.27. The zero-order chi connectivity index (χ0) is 32.2. The maximum Gasteiger partial charge on any atom is 0.228 e. The van der Waals surface area contributed by atoms with Gasteiger partial charge < -0.3 is 9.80 Å². The Labute approximate surface area is 278 Å². The van der Waals surface area contributed by atoms with Gasteiger partial charge in [0.05, 0.1) is 18.0 Å². The monoisotopic (exact) mass is 664 g/mol. The number of thiazole rings is 1. The summed E-state index contributed by atoms with van der Waals surface area (Å²) in [7, 11) is 0. The van der Waals surface area contributed by atoms with Crippen molar-refractivity contribution in [3.63, 3.8) is 0 Å². The van der Waals surface area contributed by atoms with Crippen molar-refractivity contribution in [3.05, 3.63) is 52.0 Å². The van der Waals surface area contributed by atoms with Crippen LogP contribution >= 0.6 is 23.7 Å². The van der Waals surface area contributed by atoms with Crippen molar-refractivity contribution < 1.29 is 18.4 Å². The van der Waals surface area contributed by atoms with Gasteiger partial charge in [0.2, 0.25) is 11.8 Å². The largest absolute Gasteiger partial charge is 0.334 e. The average Bonchev–Trinajstić information content (AvgIpc) is 3.68. The predicted molar refractivity (Wildman–Crippen MR) is 178 cm³/mol. The SMILES string of the molecule is CC1(C)CCC(N(C(=O)C(C)(C)C)[C@H]2C[C@H](c3nccs3)N(C(=O)C3CN(C(C)(C)C)C[C@H]3c3ccc(F)cc3F)C2)CC1.Cl. The van der Waals surface area contributed by atoms with E-state index >= 15 is 4.39 Å². The molecule has 1 aromatic carbocycles. The number of halogens is 3. The molecular weight excluding hydrogens is 614 g/mol. The summed E-state index contributed by atoms with van der Waals surface area (Å²) in [5.41, 5.74) is -0.130. The number of carbonyl (C=O) groups is 2. The molecule has 0 radical (unpaired) electrons. The zero-order valence-corrected chi connectivity index (χ0v) is 29.7. The summed E-state index contributed by atoms with van der Waals surface area (Å²) in [5.74, 6) is -2.06. The third-order valence-electron chi connectivity index (χ3n) is 10.2. The molecule has 5 rings (SSSR count). The second-order valence-electron chi connectivity index (χ2n) is 16.1. The number of hydrogen-bond acceptors (Lipinski definition) is 5. The lowest BCUT2D eigenvalue weighted by Gasteiger charge is -2.45. The first-order valence-electron chi connectivity index (χ1n) is 16.2. The van der Waals surface area contributed by atoms with Crippen LogP contribution < -0.4 is 0 Å². The molecule has 4 atom stereocenters. The fourth-order valence-electron chi connectivity index (χ4n) is 7.50. The second-order valence-corrected chi connectivity index (χ2v) is 17.0. The van der Waals surface area contributed by atoms with Crippen LogP contribution in [0.5, 0.6) is 0 Å². The summed E-state index contributed by atoms with van der Waals surface area (Å²) >= 11 is 1.53. The van der Waals surface area contributed by atoms with Crippen LogP contribution in [0.1, 0.15) is 110 Å². The lowest BCUT2D eigenvalue weighted by atomic mass is 9.74. The van der Waals surface area contributed by atoms with E-state index < -0.39 is 28.9 Å². The van der Waals surface area contributed by atoms with E-state index in [2.05, 4.69) is 49.4 Å². The summed E-state index contributed by atoms with van der Waals surface area (Å²) < 4.78 is 29.1. The number of benzene rings is 1. The molecule has 3 fully saturated rings. The Kier molecular flexibility index (Phi) is 10.5. The highest BCUT2D eigenvalue weighted by Crippen LogP contribution is 2.45. The molecule has 0 bridgehead atoms. The Hall–Kier alpha value is -2.10. The van der Waals surface area contributed by atoms with Gasteiger partial charge in [-0.05, 0) is 69.9 Å². The number of carbonyl (C=O) groups excluding carboxylic acids is 2. The molecule has 1 aliphatic carbocycles. The summed E-state index contributed by atoms with van der Waals surface area (Å²) in [6.07, 6.45) is 6.43. The van der Waals surface area contributed by atoms with Crippen molar-refractivity contribution in [2.45, 2.75) is 117 Å². The molecule has 10 heteroatoms. The molecule has 3 heterocycles. The third-order valence-corrected chi connectivity index (χ3v) is 11.1. The standard InChI is InChI=1S/C35H50F2N4O2S.ClH/c1-33(2,3)32(43)41(23-11-13-35(7,8)14-12-23)24-18-29(30-38-15-16-44-30)40(19-24)31(42)27-21-39(34(4,5)6)20-26(27)25-10-9-22(36)17-28(25)37;/h9-10,15-17,23-24,26-27,29H,11-14,18-21H2,1-8H3;1H/t24-,26-,27?,29+;/m0./s1. The number of nitrogens with zero attached hydrogens (tertiary/aromatic N) is 4. The van der Waals surface area contributed by atoms with Gasteiger partial charge in [0.25, 0.3) is 0 Å². The van der Waals surface area contributed by atoms with E-state index in [0.29, 0.717) is 31.6 Å². The first kappa shape index (κ1) is 35.7. The van der Waals surface area contributed by atoms with Crippen LogP contribution in [0.2, 0.25) is 0 Å². The molecule has 2 aromatic rings. The molecule has 1 saturated carbocycles. The minimum absolute atomic E-state index is 0. The molecule has 2 amide bonds. The van der Waals surface area contributed by atoms with Crippen LogP contribution in [-0.2, 0) is 9.59 Å². The topological polar surface area (TPSA) is 56.8 Å². The molecular formula is C35H51ClF2N4O2S. The van der Waals surface area contributed by atoms with Gasteiger partial charge in [0.15, 0.2) is 0 Å². The Morgan fingerprint density at radius 2 is 1.67 bits per heavy atom. The van der Waals surface area contributed by atoms with E-state index in [1.807, 2.05) is 31.1 Å². The van der Waals surface area contributed by atoms with Gasteiger partial charge in [0, 0.05) is 60.2 Å². The van der Waals surface area contributed by atoms with E-state index in [1.165, 1.54) is 23.5 Å². The highest BCUT2D eigenvalue weighted by atomic mass is 35.5. The minimum atomic E-state index is -0.624. The molecule has 1 aromatic heterocycles. The summed E-state index contributed by atoms with van der Waals surface area (Å²) in [6, 6.07) is 3.45. The van der Waals surface area contributed by atoms with Crippen molar-refractivity contribution in [1.29, 1.82) is 0 Å². The van der Waals surface area contributed by atoms with Crippen molar-refractivity contribution in [3.8, 4) is 0 Å². The molecule has 2 aliphatic heterocycles. The number of rotatable bonds is 5. The molecule has 250 valence electrons. The molecule has 0 spiro atoms. The van der Waals surface area contributed by atoms with E-state index in [9.17, 15) is 14.0 Å². The molecule has 2 saturated heterocycles. The first-order chi connectivity index (χ1) is 20.5. The number of hydrogen-bond donors (Lipinski definition) is 0. The Morgan fingerprint density at radius 1 is 1.00 bits per heavy atom. The summed E-state index contributed by atoms with van der Waals surface area (Å²) in [4.78, 5) is 39.8. The van der Waals surface area contributed by atoms with Gasteiger partial charge in [-0.25, -0.2) is 13.8 Å². The molecule has 45 heavy (non-hydrogen) atoms. The van der Waals surface area contributed by atoms with Gasteiger partial charge in [0.1, 0.15) is 16.6 Å². The maximum atomic E-state index is 15.2. The molecule has 6 nitrogen and oxygen atoms in total. The van der Waals surface area contributed by atoms with Crippen molar-refractivity contribution in [2.24, 2.45) is 16.7 Å². The second kappa shape index (κ2) is 13.2. The van der Waals surface area contributed by atoms with Crippen molar-refractivity contribution >= 4 is 35.6 Å². The smallest absolute Gasteiger partial charge is 0.228 e. The highest BCUT2D eigenvalue weighted by Gasteiger charge is 2.50. The van der Waals surface area contributed by atoms with Crippen LogP contribution in [-0.4, -0.2) is 68.8 Å². The van der Waals surface area contributed by atoms with E-state index in [-0.39, 0.29) is 53.3 Å². The van der Waals surface area contributed by atoms with Gasteiger partial charge in [-0.1, -0.05) is 40.7 Å². The van der Waals surface area contributed by atoms with Gasteiger partial charge in [-0.15, -0.1) is 23.7 Å². The van der Waals surface area contributed by atoms with Crippen molar-refractivity contribution in [1.82, 2.24) is 19.7 Å². The maximum absolute atomic E-state index is 15.2. The Bertz CT molecular complexity index is 1350. The highest BCUT2D eigenvalue weighted by molar-refractivity contribution is 7.09. The average molecular weight is 665 g/mol. The molecule has 1 unspecified atom stereocenters. The first-order valence-corrected chi connectivity index (χ1v) is 17.1. The van der Waals surface area contributed by atoms with Crippen LogP contribution in [0.3, 0.4) is 0 Å². The van der Waals surface area contributed by atoms with Crippen LogP contribution in [0.25, 0.3) is 0 Å². The van der Waals surface area contributed by atoms with Gasteiger partial charge in [-0.2, -0.15) is 0 Å². The van der Waals surface area contributed by atoms with E-state index in [4.69, 9.17) is 0 Å². The summed E-state index contributed by atoms with van der Waals surface area (Å²) in [6.45, 7) is 18.3. The van der Waals surface area contributed by atoms with Crippen molar-refractivity contribution in [2.75, 3.05) is 19.6 Å². The minimum Gasteiger partial charge on any atom is -0.334 e. The van der Waals surface area contributed by atoms with Crippen LogP contribution in [0.4, 0.5) is 8.78 Å². The number of amides is 2. The Balaban J connectivity index is 0.00000461. The molecule has 3 aliphatic rings. The number of aromatic nitrogens is 1. The lowest BCUT2D eigenvalue weighted by Crippen LogP contribution is -2.54. The third kappa shape index (κ3) is 7.57. The lowest BCUT2D eigenvalue weighted by molar-refractivity contribution is -0.147.